The second-order valence-corrected chi connectivity index (χ2v) is 8.30. The monoisotopic (exact) mass is 395 g/mol. The molecule has 0 saturated heterocycles. The van der Waals surface area contributed by atoms with Crippen molar-refractivity contribution in [1.29, 1.82) is 0 Å². The number of pyridine rings is 1. The van der Waals surface area contributed by atoms with Gasteiger partial charge in [0.2, 0.25) is 0 Å². The number of nitrogens with zero attached hydrogens (tertiary/aromatic N) is 2. The Morgan fingerprint density at radius 2 is 1.93 bits per heavy atom. The number of hydrogen-bond donors (Lipinski definition) is 1. The molecule has 7 heteroatoms. The van der Waals surface area contributed by atoms with Crippen molar-refractivity contribution in [2.45, 2.75) is 18.0 Å². The Bertz CT molecular complexity index is 983. The first kappa shape index (κ1) is 18.6. The maximum Gasteiger partial charge on any atom is 0.184 e. The van der Waals surface area contributed by atoms with Gasteiger partial charge >= 0.3 is 0 Å². The predicted octanol–water partition coefficient (Wildman–Crippen LogP) is 3.49. The maximum atomic E-state index is 12.7. The van der Waals surface area contributed by atoms with Crippen molar-refractivity contribution in [3.05, 3.63) is 84.2 Å². The largest absolute Gasteiger partial charge is 0.588 e. The number of hydrogen-bond acceptors (Lipinski definition) is 5. The van der Waals surface area contributed by atoms with Gasteiger partial charge in [0.1, 0.15) is 12.4 Å². The Kier molecular flexibility index (Phi) is 5.38. The first-order chi connectivity index (χ1) is 13.6. The van der Waals surface area contributed by atoms with Crippen LogP contribution in [0.3, 0.4) is 0 Å². The number of aromatic nitrogens is 1. The number of rotatable bonds is 5. The highest BCUT2D eigenvalue weighted by molar-refractivity contribution is 7.98. The second-order valence-electron chi connectivity index (χ2n) is 6.62. The van der Waals surface area contributed by atoms with E-state index in [1.54, 1.807) is 42.6 Å². The molecular formula is C21H21N3O3S. The maximum absolute atomic E-state index is 12.7. The fourth-order valence-electron chi connectivity index (χ4n) is 3.15. The molecule has 0 bridgehead atoms. The van der Waals surface area contributed by atoms with Gasteiger partial charge in [-0.1, -0.05) is 28.5 Å². The number of anilines is 1. The van der Waals surface area contributed by atoms with E-state index in [9.17, 15) is 8.76 Å². The van der Waals surface area contributed by atoms with Crippen molar-refractivity contribution in [2.24, 2.45) is 0 Å². The Morgan fingerprint density at radius 3 is 2.71 bits per heavy atom. The highest BCUT2D eigenvalue weighted by atomic mass is 32.3. The molecule has 0 saturated carbocycles. The van der Waals surface area contributed by atoms with E-state index in [1.807, 2.05) is 30.3 Å². The molecule has 0 amide bonds. The van der Waals surface area contributed by atoms with Crippen molar-refractivity contribution in [3.8, 4) is 5.75 Å². The summed E-state index contributed by atoms with van der Waals surface area (Å²) in [7, 11) is -3.67. The Hall–Kier alpha value is -2.74. The minimum Gasteiger partial charge on any atom is -0.588 e. The molecule has 6 nitrogen and oxygen atoms in total. The first-order valence-electron chi connectivity index (χ1n) is 9.06. The molecule has 2 heterocycles. The van der Waals surface area contributed by atoms with Crippen LogP contribution in [0.2, 0.25) is 0 Å². The summed E-state index contributed by atoms with van der Waals surface area (Å²) in [6.45, 7) is 2.64. The molecule has 144 valence electrons. The van der Waals surface area contributed by atoms with Crippen LogP contribution in [-0.2, 0) is 27.7 Å². The molecule has 0 radical (unpaired) electrons. The SMILES string of the molecule is O=[S+]([O-])(Nc1ccccc1)c1ccc2c(c1)OCCN(Cc1ccccn1)C2. The second kappa shape index (κ2) is 8.10. The van der Waals surface area contributed by atoms with Crippen LogP contribution in [0.25, 0.3) is 0 Å². The zero-order valence-electron chi connectivity index (χ0n) is 15.3. The predicted molar refractivity (Wildman–Crippen MR) is 107 cm³/mol. The van der Waals surface area contributed by atoms with Gasteiger partial charge in [-0.25, -0.2) is 4.72 Å². The lowest BCUT2D eigenvalue weighted by molar-refractivity contribution is 0.217. The van der Waals surface area contributed by atoms with E-state index in [0.717, 1.165) is 24.3 Å². The number of benzene rings is 2. The van der Waals surface area contributed by atoms with Crippen molar-refractivity contribution < 1.29 is 13.5 Å². The lowest BCUT2D eigenvalue weighted by Crippen LogP contribution is -2.25. The van der Waals surface area contributed by atoms with Crippen LogP contribution in [-0.4, -0.2) is 27.6 Å². The van der Waals surface area contributed by atoms with E-state index < -0.39 is 10.4 Å². The fraction of sp³-hybridized carbons (Fsp3) is 0.190. The van der Waals surface area contributed by atoms with Crippen LogP contribution in [0.1, 0.15) is 11.3 Å². The summed E-state index contributed by atoms with van der Waals surface area (Å²) in [6, 6.07) is 19.8. The van der Waals surface area contributed by atoms with Gasteiger partial charge in [-0.2, -0.15) is 0 Å². The third-order valence-corrected chi connectivity index (χ3v) is 5.92. The topological polar surface area (TPSA) is 77.5 Å². The molecule has 28 heavy (non-hydrogen) atoms. The van der Waals surface area contributed by atoms with Gasteiger partial charge in [0, 0.05) is 37.5 Å². The molecule has 1 atom stereocenters. The number of para-hydroxylation sites is 1. The zero-order chi connectivity index (χ0) is 19.4. The molecule has 0 aliphatic carbocycles. The highest BCUT2D eigenvalue weighted by Crippen LogP contribution is 2.29. The molecule has 1 aromatic heterocycles. The molecule has 1 N–H and O–H groups in total. The molecule has 4 rings (SSSR count). The van der Waals surface area contributed by atoms with Crippen LogP contribution in [0.5, 0.6) is 5.75 Å². The minimum atomic E-state index is -3.67. The fourth-order valence-corrected chi connectivity index (χ4v) is 4.22. The Balaban J connectivity index is 1.52. The standard InChI is InChI=1S/C21H21N3O3S/c25-28(26,23-18-6-2-1-3-7-18)20-10-9-17-15-24(12-13-27-21(17)14-20)16-19-8-4-5-11-22-19/h1-11,14H,12-13,15-16H2,(H-,23,25,26). The van der Waals surface area contributed by atoms with E-state index >= 15 is 0 Å². The lowest BCUT2D eigenvalue weighted by Gasteiger charge is -2.19. The van der Waals surface area contributed by atoms with E-state index in [0.29, 0.717) is 24.6 Å². The van der Waals surface area contributed by atoms with Gasteiger partial charge in [0.25, 0.3) is 0 Å². The van der Waals surface area contributed by atoms with Crippen LogP contribution >= 0.6 is 0 Å². The van der Waals surface area contributed by atoms with Crippen molar-refractivity contribution in [2.75, 3.05) is 17.9 Å². The van der Waals surface area contributed by atoms with Crippen LogP contribution in [0.15, 0.2) is 77.8 Å². The summed E-state index contributed by atoms with van der Waals surface area (Å²) in [5, 5.41) is 0. The molecule has 3 aromatic rings. The van der Waals surface area contributed by atoms with Gasteiger partial charge < -0.3 is 9.29 Å². The molecule has 1 aliphatic rings. The van der Waals surface area contributed by atoms with Gasteiger partial charge in [-0.15, -0.1) is 0 Å². The molecular weight excluding hydrogens is 374 g/mol. The molecule has 0 spiro atoms. The quantitative estimate of drug-likeness (QED) is 0.669. The van der Waals surface area contributed by atoms with E-state index in [4.69, 9.17) is 4.74 Å². The highest BCUT2D eigenvalue weighted by Gasteiger charge is 2.24. The summed E-state index contributed by atoms with van der Waals surface area (Å²) >= 11 is 0. The third-order valence-electron chi connectivity index (χ3n) is 4.55. The van der Waals surface area contributed by atoms with E-state index in [1.165, 1.54) is 0 Å². The van der Waals surface area contributed by atoms with Crippen LogP contribution < -0.4 is 9.46 Å². The van der Waals surface area contributed by atoms with Gasteiger partial charge in [0.15, 0.2) is 15.3 Å². The lowest BCUT2D eigenvalue weighted by atomic mass is 10.2. The summed E-state index contributed by atoms with van der Waals surface area (Å²) in [5.74, 6) is 0.611. The normalized spacial score (nSPS) is 16.3. The number of sulfonamides is 1. The molecule has 1 aliphatic heterocycles. The first-order valence-corrected chi connectivity index (χ1v) is 10.5. The Morgan fingerprint density at radius 1 is 1.11 bits per heavy atom. The number of fused-ring (bicyclic) bond motifs is 1. The Labute approximate surface area is 165 Å². The number of nitrogens with one attached hydrogen (secondary N) is 1. The molecule has 1 unspecified atom stereocenters. The average molecular weight is 395 g/mol. The van der Waals surface area contributed by atoms with E-state index in [-0.39, 0.29) is 4.90 Å². The van der Waals surface area contributed by atoms with Gasteiger partial charge in [0.05, 0.1) is 11.4 Å². The van der Waals surface area contributed by atoms with Crippen LogP contribution in [0, 0.1) is 0 Å². The molecule has 2 aromatic carbocycles. The summed E-state index contributed by atoms with van der Waals surface area (Å²) in [4.78, 5) is 6.80. The third kappa shape index (κ3) is 4.39. The van der Waals surface area contributed by atoms with Crippen molar-refractivity contribution >= 4 is 16.1 Å². The smallest absolute Gasteiger partial charge is 0.184 e. The van der Waals surface area contributed by atoms with E-state index in [2.05, 4.69) is 14.6 Å². The summed E-state index contributed by atoms with van der Waals surface area (Å²) < 4.78 is 33.8. The molecule has 0 fully saturated rings. The van der Waals surface area contributed by atoms with Gasteiger partial charge in [-0.3, -0.25) is 9.88 Å². The van der Waals surface area contributed by atoms with Gasteiger partial charge in [-0.05, 0) is 36.4 Å². The van der Waals surface area contributed by atoms with Crippen molar-refractivity contribution in [1.82, 2.24) is 9.88 Å². The zero-order valence-corrected chi connectivity index (χ0v) is 16.1. The minimum absolute atomic E-state index is 0.188. The van der Waals surface area contributed by atoms with Crippen molar-refractivity contribution in [3.63, 3.8) is 0 Å². The summed E-state index contributed by atoms with van der Waals surface area (Å²) in [6.07, 6.45) is 1.79. The van der Waals surface area contributed by atoms with Crippen LogP contribution in [0.4, 0.5) is 5.69 Å². The average Bonchev–Trinajstić information content (AvgIpc) is 2.90. The number of ether oxygens (including phenoxy) is 1. The summed E-state index contributed by atoms with van der Waals surface area (Å²) in [5.41, 5.74) is 2.49.